The fourth-order valence-corrected chi connectivity index (χ4v) is 2.63. The highest BCUT2D eigenvalue weighted by molar-refractivity contribution is 7.82. The van der Waals surface area contributed by atoms with Crippen LogP contribution in [0, 0.1) is 0 Å². The number of aryl methyl sites for hydroxylation is 1. The van der Waals surface area contributed by atoms with Crippen LogP contribution >= 0.6 is 0 Å². The lowest BCUT2D eigenvalue weighted by molar-refractivity contribution is 0.101. The molecule has 1 N–H and O–H groups in total. The van der Waals surface area contributed by atoms with Crippen molar-refractivity contribution in [3.63, 3.8) is 0 Å². The Labute approximate surface area is 127 Å². The minimum Gasteiger partial charge on any atom is -0.360 e. The van der Waals surface area contributed by atoms with Crippen LogP contribution in [0.5, 0.6) is 5.75 Å². The van der Waals surface area contributed by atoms with Gasteiger partial charge in [-0.15, -0.1) is 0 Å². The third-order valence-electron chi connectivity index (χ3n) is 3.21. The summed E-state index contributed by atoms with van der Waals surface area (Å²) >= 11 is 0. The average molecular weight is 325 g/mol. The molecule has 22 heavy (non-hydrogen) atoms. The van der Waals surface area contributed by atoms with Crippen molar-refractivity contribution in [2.75, 3.05) is 7.11 Å². The molecule has 0 spiro atoms. The second-order valence-corrected chi connectivity index (χ2v) is 5.88. The van der Waals surface area contributed by atoms with E-state index in [0.717, 1.165) is 19.6 Å². The molecule has 0 aliphatic heterocycles. The van der Waals surface area contributed by atoms with Crippen molar-refractivity contribution in [2.45, 2.75) is 20.3 Å². The van der Waals surface area contributed by atoms with Gasteiger partial charge in [0.2, 0.25) is 0 Å². The third kappa shape index (κ3) is 2.88. The standard InChI is InChI=1S/C14H15NO6S/c1-4-9-6-5-7-10-12(9)15-14(17)11(8(2)16)13(10)21-22(18,19)20-3/h5-7H,4H2,1-3H3,(H,15,17). The van der Waals surface area contributed by atoms with Gasteiger partial charge in [-0.25, -0.2) is 4.18 Å². The van der Waals surface area contributed by atoms with Crippen LogP contribution in [-0.2, 0) is 21.0 Å². The molecule has 2 aromatic rings. The zero-order chi connectivity index (χ0) is 16.5. The number of nitrogens with one attached hydrogen (secondary N) is 1. The van der Waals surface area contributed by atoms with Crippen LogP contribution < -0.4 is 9.74 Å². The molecule has 0 radical (unpaired) electrons. The number of aromatic amines is 1. The van der Waals surface area contributed by atoms with E-state index in [-0.39, 0.29) is 11.3 Å². The molecule has 8 heteroatoms. The number of hydrogen-bond acceptors (Lipinski definition) is 6. The minimum atomic E-state index is -4.36. The Hall–Kier alpha value is -2.19. The van der Waals surface area contributed by atoms with Crippen molar-refractivity contribution in [2.24, 2.45) is 0 Å². The molecule has 1 aromatic heterocycles. The molecular formula is C14H15NO6S. The number of rotatable bonds is 5. The van der Waals surface area contributed by atoms with Gasteiger partial charge in [0.1, 0.15) is 5.56 Å². The largest absolute Gasteiger partial charge is 0.448 e. The van der Waals surface area contributed by atoms with Crippen LogP contribution in [-0.4, -0.2) is 26.3 Å². The van der Waals surface area contributed by atoms with Crippen LogP contribution in [0.1, 0.15) is 29.8 Å². The number of pyridine rings is 1. The molecule has 0 aliphatic carbocycles. The van der Waals surface area contributed by atoms with Crippen molar-refractivity contribution in [3.8, 4) is 5.75 Å². The molecule has 0 amide bonds. The van der Waals surface area contributed by atoms with Crippen LogP contribution in [0.2, 0.25) is 0 Å². The zero-order valence-corrected chi connectivity index (χ0v) is 13.1. The Morgan fingerprint density at radius 3 is 2.55 bits per heavy atom. The number of carbonyl (C=O) groups is 1. The SMILES string of the molecule is CCc1cccc2c(OS(=O)(=O)OC)c(C(C)=O)c(=O)[nH]c12. The quantitative estimate of drug-likeness (QED) is 0.837. The van der Waals surface area contributed by atoms with Gasteiger partial charge in [-0.2, -0.15) is 8.42 Å². The summed E-state index contributed by atoms with van der Waals surface area (Å²) in [6, 6.07) is 5.05. The maximum Gasteiger partial charge on any atom is 0.448 e. The maximum absolute atomic E-state index is 12.1. The Kier molecular flexibility index (Phi) is 4.34. The molecule has 0 saturated carbocycles. The summed E-state index contributed by atoms with van der Waals surface area (Å²) in [7, 11) is -3.44. The van der Waals surface area contributed by atoms with Crippen LogP contribution in [0.4, 0.5) is 0 Å². The number of hydrogen-bond donors (Lipinski definition) is 1. The van der Waals surface area contributed by atoms with Crippen molar-refractivity contribution in [3.05, 3.63) is 39.7 Å². The predicted octanol–water partition coefficient (Wildman–Crippen LogP) is 1.56. The number of benzene rings is 1. The van der Waals surface area contributed by atoms with Gasteiger partial charge >= 0.3 is 10.4 Å². The van der Waals surface area contributed by atoms with E-state index in [9.17, 15) is 18.0 Å². The fourth-order valence-electron chi connectivity index (χ4n) is 2.19. The zero-order valence-electron chi connectivity index (χ0n) is 12.3. The Balaban J connectivity index is 2.93. The summed E-state index contributed by atoms with van der Waals surface area (Å²) in [4.78, 5) is 26.5. The normalized spacial score (nSPS) is 11.6. The first-order chi connectivity index (χ1) is 10.3. The molecule has 1 heterocycles. The topological polar surface area (TPSA) is 103 Å². The van der Waals surface area contributed by atoms with Crippen LogP contribution in [0.3, 0.4) is 0 Å². The van der Waals surface area contributed by atoms with Crippen molar-refractivity contribution >= 4 is 27.1 Å². The second kappa shape index (κ2) is 5.90. The lowest BCUT2D eigenvalue weighted by atomic mass is 10.0. The van der Waals surface area contributed by atoms with E-state index < -0.39 is 21.7 Å². The Morgan fingerprint density at radius 2 is 2.00 bits per heavy atom. The van der Waals surface area contributed by atoms with E-state index in [0.29, 0.717) is 17.3 Å². The summed E-state index contributed by atoms with van der Waals surface area (Å²) in [5.41, 5.74) is 0.161. The number of para-hydroxylation sites is 1. The first kappa shape index (κ1) is 16.2. The summed E-state index contributed by atoms with van der Waals surface area (Å²) < 4.78 is 32.3. The van der Waals surface area contributed by atoms with E-state index in [1.165, 1.54) is 0 Å². The minimum absolute atomic E-state index is 0.316. The predicted molar refractivity (Wildman–Crippen MR) is 80.5 cm³/mol. The smallest absolute Gasteiger partial charge is 0.360 e. The molecule has 7 nitrogen and oxygen atoms in total. The number of ketones is 1. The van der Waals surface area contributed by atoms with E-state index >= 15 is 0 Å². The van der Waals surface area contributed by atoms with Crippen LogP contribution in [0.15, 0.2) is 23.0 Å². The van der Waals surface area contributed by atoms with Crippen molar-refractivity contribution in [1.29, 1.82) is 0 Å². The van der Waals surface area contributed by atoms with Gasteiger partial charge in [-0.1, -0.05) is 19.1 Å². The number of H-pyrrole nitrogens is 1. The van der Waals surface area contributed by atoms with Crippen molar-refractivity contribution in [1.82, 2.24) is 4.98 Å². The molecule has 0 atom stereocenters. The van der Waals surface area contributed by atoms with E-state index in [1.807, 2.05) is 6.92 Å². The molecule has 2 rings (SSSR count). The monoisotopic (exact) mass is 325 g/mol. The first-order valence-electron chi connectivity index (χ1n) is 6.49. The van der Waals surface area contributed by atoms with E-state index in [4.69, 9.17) is 4.18 Å². The van der Waals surface area contributed by atoms with Gasteiger partial charge in [-0.3, -0.25) is 9.59 Å². The molecular weight excluding hydrogens is 310 g/mol. The molecule has 0 bridgehead atoms. The summed E-state index contributed by atoms with van der Waals surface area (Å²) in [5.74, 6) is -0.922. The highest BCUT2D eigenvalue weighted by Crippen LogP contribution is 2.30. The van der Waals surface area contributed by atoms with Gasteiger partial charge in [-0.05, 0) is 25.0 Å². The lowest BCUT2D eigenvalue weighted by Crippen LogP contribution is -2.21. The van der Waals surface area contributed by atoms with Gasteiger partial charge < -0.3 is 9.17 Å². The average Bonchev–Trinajstić information content (AvgIpc) is 2.46. The lowest BCUT2D eigenvalue weighted by Gasteiger charge is -2.12. The Morgan fingerprint density at radius 1 is 1.32 bits per heavy atom. The number of Topliss-reactive ketones (excluding diaryl/α,β-unsaturated/α-hetero) is 1. The highest BCUT2D eigenvalue weighted by atomic mass is 32.3. The number of fused-ring (bicyclic) bond motifs is 1. The maximum atomic E-state index is 12.1. The van der Waals surface area contributed by atoms with Gasteiger partial charge in [0, 0.05) is 5.39 Å². The van der Waals surface area contributed by atoms with E-state index in [2.05, 4.69) is 9.17 Å². The molecule has 0 aliphatic rings. The van der Waals surface area contributed by atoms with Crippen molar-refractivity contribution < 1.29 is 21.6 Å². The first-order valence-corrected chi connectivity index (χ1v) is 7.83. The van der Waals surface area contributed by atoms with Gasteiger partial charge in [0.05, 0.1) is 12.6 Å². The molecule has 0 unspecified atom stereocenters. The van der Waals surface area contributed by atoms with Gasteiger partial charge in [0.25, 0.3) is 5.56 Å². The highest BCUT2D eigenvalue weighted by Gasteiger charge is 2.23. The molecule has 1 aromatic carbocycles. The van der Waals surface area contributed by atoms with E-state index in [1.54, 1.807) is 18.2 Å². The summed E-state index contributed by atoms with van der Waals surface area (Å²) in [5, 5.41) is 0.324. The van der Waals surface area contributed by atoms with Gasteiger partial charge in [0.15, 0.2) is 11.5 Å². The third-order valence-corrected chi connectivity index (χ3v) is 3.99. The fraction of sp³-hybridized carbons (Fsp3) is 0.286. The molecule has 0 saturated heterocycles. The summed E-state index contributed by atoms with van der Waals surface area (Å²) in [6.45, 7) is 3.05. The summed E-state index contributed by atoms with van der Waals surface area (Å²) in [6.07, 6.45) is 0.614. The molecule has 118 valence electrons. The van der Waals surface area contributed by atoms with Crippen LogP contribution in [0.25, 0.3) is 10.9 Å². The Bertz CT molecular complexity index is 897. The number of carbonyl (C=O) groups excluding carboxylic acids is 1. The number of aromatic nitrogens is 1. The molecule has 0 fully saturated rings. The second-order valence-electron chi connectivity index (χ2n) is 4.57.